The quantitative estimate of drug-likeness (QED) is 0.862. The Morgan fingerprint density at radius 2 is 1.71 bits per heavy atom. The molecule has 1 N–H and O–H groups in total. The molecule has 1 saturated heterocycles. The third kappa shape index (κ3) is 3.83. The van der Waals surface area contributed by atoms with Crippen LogP contribution < -0.4 is 5.32 Å². The molecule has 1 aliphatic heterocycles. The summed E-state index contributed by atoms with van der Waals surface area (Å²) in [7, 11) is 0. The molecule has 2 atom stereocenters. The first kappa shape index (κ1) is 16.3. The molecule has 1 fully saturated rings. The topological polar surface area (TPSA) is 41.6 Å². The number of ether oxygens (including phenoxy) is 1. The van der Waals surface area contributed by atoms with Crippen molar-refractivity contribution in [1.82, 2.24) is 5.32 Å². The highest BCUT2D eigenvalue weighted by Crippen LogP contribution is 2.38. The van der Waals surface area contributed by atoms with E-state index in [4.69, 9.17) is 4.74 Å². The predicted molar refractivity (Wildman–Crippen MR) is 82.7 cm³/mol. The summed E-state index contributed by atoms with van der Waals surface area (Å²) in [6.45, 7) is 0. The zero-order chi connectivity index (χ0) is 17.2. The molecule has 0 aromatic heterocycles. The van der Waals surface area contributed by atoms with Crippen molar-refractivity contribution in [2.75, 3.05) is 0 Å². The number of epoxide rings is 1. The van der Waals surface area contributed by atoms with Crippen LogP contribution in [0.1, 0.15) is 22.8 Å². The van der Waals surface area contributed by atoms with Gasteiger partial charge in [0.05, 0.1) is 5.56 Å². The van der Waals surface area contributed by atoms with Crippen LogP contribution in [0.3, 0.4) is 0 Å². The number of alkyl halides is 3. The summed E-state index contributed by atoms with van der Waals surface area (Å²) in [5, 5.41) is 2.57. The molecule has 0 aliphatic carbocycles. The van der Waals surface area contributed by atoms with Crippen molar-refractivity contribution >= 4 is 12.0 Å². The van der Waals surface area contributed by atoms with Gasteiger partial charge in [0.2, 0.25) is 0 Å². The number of nitrogens with one attached hydrogen (secondary N) is 1. The van der Waals surface area contributed by atoms with E-state index in [0.29, 0.717) is 5.56 Å². The molecule has 0 unspecified atom stereocenters. The molecule has 0 saturated carbocycles. The largest absolute Gasteiger partial charge is 0.416 e. The number of rotatable bonds is 4. The van der Waals surface area contributed by atoms with Gasteiger partial charge in [-0.05, 0) is 29.3 Å². The lowest BCUT2D eigenvalue weighted by atomic mass is 10.1. The van der Waals surface area contributed by atoms with E-state index in [9.17, 15) is 18.0 Å². The Morgan fingerprint density at radius 3 is 2.33 bits per heavy atom. The minimum atomic E-state index is -4.35. The molecule has 2 aromatic rings. The van der Waals surface area contributed by atoms with Gasteiger partial charge in [-0.25, -0.2) is 0 Å². The average molecular weight is 333 g/mol. The number of hydrogen-bond acceptors (Lipinski definition) is 2. The van der Waals surface area contributed by atoms with Crippen LogP contribution in [-0.4, -0.2) is 12.0 Å². The highest BCUT2D eigenvalue weighted by Gasteiger charge is 2.45. The molecule has 3 rings (SSSR count). The maximum Gasteiger partial charge on any atom is 0.416 e. The summed E-state index contributed by atoms with van der Waals surface area (Å²) in [5.41, 5.74) is 0.782. The first-order chi connectivity index (χ1) is 11.4. The van der Waals surface area contributed by atoms with E-state index in [1.165, 1.54) is 24.4 Å². The summed E-state index contributed by atoms with van der Waals surface area (Å²) >= 11 is 0. The Kier molecular flexibility index (Phi) is 4.40. The van der Waals surface area contributed by atoms with E-state index in [0.717, 1.165) is 17.7 Å². The van der Waals surface area contributed by atoms with E-state index in [1.807, 2.05) is 30.3 Å². The lowest BCUT2D eigenvalue weighted by molar-refractivity contribution is -0.137. The second kappa shape index (κ2) is 6.49. The zero-order valence-electron chi connectivity index (χ0n) is 12.5. The maximum absolute atomic E-state index is 12.5. The molecule has 2 aromatic carbocycles. The highest BCUT2D eigenvalue weighted by molar-refractivity contribution is 5.85. The van der Waals surface area contributed by atoms with E-state index < -0.39 is 17.8 Å². The second-order valence-corrected chi connectivity index (χ2v) is 5.35. The number of hydrogen-bond donors (Lipinski definition) is 1. The van der Waals surface area contributed by atoms with Crippen LogP contribution in [0.5, 0.6) is 0 Å². The van der Waals surface area contributed by atoms with Crippen LogP contribution in [0.15, 0.2) is 60.8 Å². The smallest absolute Gasteiger partial charge is 0.354 e. The number of carbonyl (C=O) groups excluding carboxylic acids is 1. The molecule has 1 amide bonds. The fraction of sp³-hybridized carbons (Fsp3) is 0.167. The standard InChI is InChI=1S/C18H14F3NO2/c19-18(20,21)14-8-6-12(7-9-14)10-11-22-17(23)16-15(24-16)13-4-2-1-3-5-13/h1-11,15-16H,(H,22,23)/b11-10-/t15-,16+/m1/s1. The molecule has 6 heteroatoms. The Bertz CT molecular complexity index is 739. The van der Waals surface area contributed by atoms with Crippen molar-refractivity contribution in [2.45, 2.75) is 18.4 Å². The third-order valence-corrected chi connectivity index (χ3v) is 3.62. The summed E-state index contributed by atoms with van der Waals surface area (Å²) in [4.78, 5) is 11.9. The van der Waals surface area contributed by atoms with Gasteiger partial charge in [0, 0.05) is 6.20 Å². The lowest BCUT2D eigenvalue weighted by Crippen LogP contribution is -2.23. The Hall–Kier alpha value is -2.60. The van der Waals surface area contributed by atoms with Gasteiger partial charge in [0.1, 0.15) is 6.10 Å². The first-order valence-corrected chi connectivity index (χ1v) is 7.30. The van der Waals surface area contributed by atoms with Gasteiger partial charge in [-0.1, -0.05) is 42.5 Å². The van der Waals surface area contributed by atoms with Gasteiger partial charge in [-0.15, -0.1) is 0 Å². The van der Waals surface area contributed by atoms with Gasteiger partial charge in [-0.3, -0.25) is 4.79 Å². The summed E-state index contributed by atoms with van der Waals surface area (Å²) < 4.78 is 42.7. The molecule has 0 spiro atoms. The first-order valence-electron chi connectivity index (χ1n) is 7.30. The Morgan fingerprint density at radius 1 is 1.04 bits per heavy atom. The van der Waals surface area contributed by atoms with Crippen LogP contribution in [0, 0.1) is 0 Å². The normalized spacial score (nSPS) is 20.1. The summed E-state index contributed by atoms with van der Waals surface area (Å²) in [6, 6.07) is 14.1. The fourth-order valence-corrected chi connectivity index (χ4v) is 2.29. The van der Waals surface area contributed by atoms with Gasteiger partial charge >= 0.3 is 6.18 Å². The summed E-state index contributed by atoms with van der Waals surface area (Å²) in [5.74, 6) is -0.285. The molecule has 124 valence electrons. The zero-order valence-corrected chi connectivity index (χ0v) is 12.5. The number of benzene rings is 2. The average Bonchev–Trinajstić information content (AvgIpc) is 3.36. The Balaban J connectivity index is 1.53. The molecular formula is C18H14F3NO2. The fourth-order valence-electron chi connectivity index (χ4n) is 2.29. The van der Waals surface area contributed by atoms with Crippen LogP contribution in [-0.2, 0) is 15.7 Å². The van der Waals surface area contributed by atoms with Crippen molar-refractivity contribution in [2.24, 2.45) is 0 Å². The molecule has 1 heterocycles. The minimum Gasteiger partial charge on any atom is -0.354 e. The molecule has 3 nitrogen and oxygen atoms in total. The second-order valence-electron chi connectivity index (χ2n) is 5.35. The highest BCUT2D eigenvalue weighted by atomic mass is 19.4. The van der Waals surface area contributed by atoms with E-state index >= 15 is 0 Å². The van der Waals surface area contributed by atoms with Crippen molar-refractivity contribution in [3.8, 4) is 0 Å². The van der Waals surface area contributed by atoms with Gasteiger partial charge in [0.25, 0.3) is 5.91 Å². The van der Waals surface area contributed by atoms with Crippen molar-refractivity contribution in [3.05, 3.63) is 77.5 Å². The van der Waals surface area contributed by atoms with Crippen LogP contribution in [0.25, 0.3) is 6.08 Å². The lowest BCUT2D eigenvalue weighted by Gasteiger charge is -2.05. The molecule has 0 radical (unpaired) electrons. The van der Waals surface area contributed by atoms with Crippen LogP contribution >= 0.6 is 0 Å². The van der Waals surface area contributed by atoms with Crippen molar-refractivity contribution in [1.29, 1.82) is 0 Å². The molecule has 24 heavy (non-hydrogen) atoms. The number of amides is 1. The van der Waals surface area contributed by atoms with Crippen molar-refractivity contribution in [3.63, 3.8) is 0 Å². The van der Waals surface area contributed by atoms with Gasteiger partial charge in [-0.2, -0.15) is 13.2 Å². The number of carbonyl (C=O) groups is 1. The van der Waals surface area contributed by atoms with Crippen molar-refractivity contribution < 1.29 is 22.7 Å². The van der Waals surface area contributed by atoms with Gasteiger partial charge in [0.15, 0.2) is 6.10 Å². The van der Waals surface area contributed by atoms with Crippen LogP contribution in [0.4, 0.5) is 13.2 Å². The molecular weight excluding hydrogens is 319 g/mol. The van der Waals surface area contributed by atoms with Gasteiger partial charge < -0.3 is 10.1 Å². The number of halogens is 3. The maximum atomic E-state index is 12.5. The van der Waals surface area contributed by atoms with Crippen LogP contribution in [0.2, 0.25) is 0 Å². The Labute approximate surface area is 136 Å². The SMILES string of the molecule is O=C(N/C=C\c1ccc(C(F)(F)F)cc1)[C@H]1O[C@@H]1c1ccccc1. The monoisotopic (exact) mass is 333 g/mol. The molecule has 0 bridgehead atoms. The third-order valence-electron chi connectivity index (χ3n) is 3.62. The predicted octanol–water partition coefficient (Wildman–Crippen LogP) is 3.93. The van der Waals surface area contributed by atoms with E-state index in [2.05, 4.69) is 5.32 Å². The van der Waals surface area contributed by atoms with E-state index in [1.54, 1.807) is 0 Å². The molecule has 1 aliphatic rings. The minimum absolute atomic E-state index is 0.245. The summed E-state index contributed by atoms with van der Waals surface area (Å²) in [6.07, 6.45) is -2.21. The van der Waals surface area contributed by atoms with E-state index in [-0.39, 0.29) is 12.0 Å².